The molecule has 17 heavy (non-hydrogen) atoms. The van der Waals surface area contributed by atoms with Crippen LogP contribution < -0.4 is 16.2 Å². The Labute approximate surface area is 108 Å². The SMILES string of the molecule is CCCOc1c(Cl)cc(C(N)CN)cc1CC. The number of rotatable bonds is 6. The molecule has 0 aliphatic rings. The molecule has 96 valence electrons. The van der Waals surface area contributed by atoms with Gasteiger partial charge in [-0.2, -0.15) is 0 Å². The molecule has 0 radical (unpaired) electrons. The van der Waals surface area contributed by atoms with Gasteiger partial charge in [-0.25, -0.2) is 0 Å². The van der Waals surface area contributed by atoms with Crippen molar-refractivity contribution in [3.05, 3.63) is 28.3 Å². The van der Waals surface area contributed by atoms with Gasteiger partial charge in [-0.15, -0.1) is 0 Å². The van der Waals surface area contributed by atoms with Crippen molar-refractivity contribution < 1.29 is 4.74 Å². The number of aryl methyl sites for hydroxylation is 1. The molecule has 0 amide bonds. The van der Waals surface area contributed by atoms with Gasteiger partial charge in [-0.3, -0.25) is 0 Å². The fourth-order valence-corrected chi connectivity index (χ4v) is 1.95. The quantitative estimate of drug-likeness (QED) is 0.823. The van der Waals surface area contributed by atoms with E-state index in [0.717, 1.165) is 29.7 Å². The minimum atomic E-state index is -0.168. The molecule has 3 nitrogen and oxygen atoms in total. The van der Waals surface area contributed by atoms with E-state index in [1.54, 1.807) is 0 Å². The highest BCUT2D eigenvalue weighted by molar-refractivity contribution is 6.32. The minimum absolute atomic E-state index is 0.168. The number of hydrogen-bond donors (Lipinski definition) is 2. The molecule has 0 spiro atoms. The predicted octanol–water partition coefficient (Wildman–Crippen LogP) is 2.65. The summed E-state index contributed by atoms with van der Waals surface area (Å²) in [7, 11) is 0. The normalized spacial score (nSPS) is 12.5. The summed E-state index contributed by atoms with van der Waals surface area (Å²) in [6.45, 7) is 5.23. The molecule has 0 heterocycles. The molecule has 0 saturated heterocycles. The zero-order valence-electron chi connectivity index (χ0n) is 10.5. The zero-order chi connectivity index (χ0) is 12.8. The van der Waals surface area contributed by atoms with Crippen molar-refractivity contribution in [2.45, 2.75) is 32.7 Å². The Kier molecular flexibility index (Phi) is 5.75. The smallest absolute Gasteiger partial charge is 0.141 e. The van der Waals surface area contributed by atoms with Crippen LogP contribution in [0.2, 0.25) is 5.02 Å². The first kappa shape index (κ1) is 14.3. The summed E-state index contributed by atoms with van der Waals surface area (Å²) in [6, 6.07) is 3.72. The van der Waals surface area contributed by atoms with Gasteiger partial charge in [0.2, 0.25) is 0 Å². The second-order valence-electron chi connectivity index (χ2n) is 4.04. The minimum Gasteiger partial charge on any atom is -0.492 e. The van der Waals surface area contributed by atoms with Gasteiger partial charge >= 0.3 is 0 Å². The molecule has 0 aliphatic carbocycles. The van der Waals surface area contributed by atoms with Crippen LogP contribution in [0.3, 0.4) is 0 Å². The number of benzene rings is 1. The fraction of sp³-hybridized carbons (Fsp3) is 0.538. The van der Waals surface area contributed by atoms with E-state index in [2.05, 4.69) is 13.8 Å². The summed E-state index contributed by atoms with van der Waals surface area (Å²) >= 11 is 6.23. The lowest BCUT2D eigenvalue weighted by atomic mass is 10.0. The Morgan fingerprint density at radius 3 is 2.59 bits per heavy atom. The molecule has 1 aromatic rings. The number of hydrogen-bond acceptors (Lipinski definition) is 3. The summed E-state index contributed by atoms with van der Waals surface area (Å²) in [6.07, 6.45) is 1.83. The van der Waals surface area contributed by atoms with E-state index in [1.807, 2.05) is 12.1 Å². The molecular formula is C13H21ClN2O. The molecule has 1 atom stereocenters. The van der Waals surface area contributed by atoms with Crippen LogP contribution in [0.4, 0.5) is 0 Å². The molecule has 1 aromatic carbocycles. The first-order valence-electron chi connectivity index (χ1n) is 6.04. The van der Waals surface area contributed by atoms with Crippen LogP contribution >= 0.6 is 11.6 Å². The maximum absolute atomic E-state index is 6.23. The van der Waals surface area contributed by atoms with Crippen molar-refractivity contribution in [3.63, 3.8) is 0 Å². The molecule has 1 unspecified atom stereocenters. The molecule has 0 bridgehead atoms. The summed E-state index contributed by atoms with van der Waals surface area (Å²) in [4.78, 5) is 0. The number of nitrogens with two attached hydrogens (primary N) is 2. The maximum atomic E-state index is 6.23. The van der Waals surface area contributed by atoms with Gasteiger partial charge in [0.1, 0.15) is 5.75 Å². The molecule has 1 rings (SSSR count). The fourth-order valence-electron chi connectivity index (χ4n) is 1.65. The highest BCUT2D eigenvalue weighted by Gasteiger charge is 2.13. The lowest BCUT2D eigenvalue weighted by molar-refractivity contribution is 0.314. The van der Waals surface area contributed by atoms with Crippen LogP contribution in [-0.4, -0.2) is 13.2 Å². The van der Waals surface area contributed by atoms with Gasteiger partial charge in [0, 0.05) is 12.6 Å². The molecule has 4 N–H and O–H groups in total. The van der Waals surface area contributed by atoms with Crippen molar-refractivity contribution in [2.24, 2.45) is 11.5 Å². The molecule has 4 heteroatoms. The zero-order valence-corrected chi connectivity index (χ0v) is 11.3. The van der Waals surface area contributed by atoms with Gasteiger partial charge < -0.3 is 16.2 Å². The van der Waals surface area contributed by atoms with E-state index >= 15 is 0 Å². The average Bonchev–Trinajstić information content (AvgIpc) is 2.35. The molecule has 0 aliphatic heterocycles. The Bertz CT molecular complexity index is 369. The summed E-state index contributed by atoms with van der Waals surface area (Å²) in [5.74, 6) is 0.781. The van der Waals surface area contributed by atoms with Gasteiger partial charge in [-0.1, -0.05) is 31.5 Å². The lowest BCUT2D eigenvalue weighted by Gasteiger charge is -2.16. The molecule has 0 aromatic heterocycles. The van der Waals surface area contributed by atoms with E-state index in [9.17, 15) is 0 Å². The first-order valence-corrected chi connectivity index (χ1v) is 6.42. The van der Waals surface area contributed by atoms with Crippen LogP contribution in [-0.2, 0) is 6.42 Å². The number of ether oxygens (including phenoxy) is 1. The van der Waals surface area contributed by atoms with E-state index in [4.69, 9.17) is 27.8 Å². The standard InChI is InChI=1S/C13H21ClN2O/c1-3-5-17-13-9(4-2)6-10(7-11(13)14)12(16)8-15/h6-7,12H,3-5,8,15-16H2,1-2H3. The van der Waals surface area contributed by atoms with E-state index in [0.29, 0.717) is 18.2 Å². The highest BCUT2D eigenvalue weighted by atomic mass is 35.5. The molecular weight excluding hydrogens is 236 g/mol. The van der Waals surface area contributed by atoms with Gasteiger partial charge in [0.25, 0.3) is 0 Å². The van der Waals surface area contributed by atoms with Crippen molar-refractivity contribution in [2.75, 3.05) is 13.2 Å². The van der Waals surface area contributed by atoms with E-state index in [1.165, 1.54) is 0 Å². The van der Waals surface area contributed by atoms with Crippen molar-refractivity contribution in [3.8, 4) is 5.75 Å². The Hall–Kier alpha value is -0.770. The van der Waals surface area contributed by atoms with E-state index in [-0.39, 0.29) is 6.04 Å². The lowest BCUT2D eigenvalue weighted by Crippen LogP contribution is -2.21. The maximum Gasteiger partial charge on any atom is 0.141 e. The number of halogens is 1. The third-order valence-corrected chi connectivity index (χ3v) is 2.94. The van der Waals surface area contributed by atoms with Crippen molar-refractivity contribution in [1.29, 1.82) is 0 Å². The third-order valence-electron chi connectivity index (χ3n) is 2.66. The largest absolute Gasteiger partial charge is 0.492 e. The highest BCUT2D eigenvalue weighted by Crippen LogP contribution is 2.32. The van der Waals surface area contributed by atoms with Gasteiger partial charge in [0.05, 0.1) is 11.6 Å². The van der Waals surface area contributed by atoms with Crippen LogP contribution in [0.5, 0.6) is 5.75 Å². The van der Waals surface area contributed by atoms with Crippen LogP contribution in [0.1, 0.15) is 37.4 Å². The topological polar surface area (TPSA) is 61.3 Å². The molecule has 0 saturated carbocycles. The Morgan fingerprint density at radius 2 is 2.06 bits per heavy atom. The second kappa shape index (κ2) is 6.84. The van der Waals surface area contributed by atoms with E-state index < -0.39 is 0 Å². The predicted molar refractivity (Wildman–Crippen MR) is 72.6 cm³/mol. The van der Waals surface area contributed by atoms with Crippen molar-refractivity contribution >= 4 is 11.6 Å². The Morgan fingerprint density at radius 1 is 1.35 bits per heavy atom. The van der Waals surface area contributed by atoms with Gasteiger partial charge in [-0.05, 0) is 30.0 Å². The van der Waals surface area contributed by atoms with Gasteiger partial charge in [0.15, 0.2) is 0 Å². The van der Waals surface area contributed by atoms with Crippen molar-refractivity contribution in [1.82, 2.24) is 0 Å². The van der Waals surface area contributed by atoms with Crippen LogP contribution in [0, 0.1) is 0 Å². The summed E-state index contributed by atoms with van der Waals surface area (Å²) in [5.41, 5.74) is 13.5. The molecule has 0 fully saturated rings. The first-order chi connectivity index (χ1) is 8.13. The summed E-state index contributed by atoms with van der Waals surface area (Å²) < 4.78 is 5.67. The average molecular weight is 257 g/mol. The third kappa shape index (κ3) is 3.60. The van der Waals surface area contributed by atoms with Crippen LogP contribution in [0.25, 0.3) is 0 Å². The summed E-state index contributed by atoms with van der Waals surface area (Å²) in [5, 5.41) is 0.622. The Balaban J connectivity index is 3.07. The van der Waals surface area contributed by atoms with Crippen LogP contribution in [0.15, 0.2) is 12.1 Å². The monoisotopic (exact) mass is 256 g/mol. The second-order valence-corrected chi connectivity index (χ2v) is 4.44.